The maximum Gasteiger partial charge on any atom is 0.279 e. The van der Waals surface area contributed by atoms with Crippen LogP contribution in [0.1, 0.15) is 23.7 Å². The Morgan fingerprint density at radius 1 is 1.32 bits per heavy atom. The number of nitrogens with zero attached hydrogens (tertiary/aromatic N) is 2. The van der Waals surface area contributed by atoms with E-state index in [0.717, 1.165) is 11.1 Å². The van der Waals surface area contributed by atoms with Crippen molar-refractivity contribution in [3.05, 3.63) is 64.9 Å². The molecule has 2 aromatic rings. The predicted molar refractivity (Wildman–Crippen MR) is 96.3 cm³/mol. The van der Waals surface area contributed by atoms with Gasteiger partial charge in [0.2, 0.25) is 0 Å². The van der Waals surface area contributed by atoms with Gasteiger partial charge in [0, 0.05) is 43.2 Å². The third kappa shape index (κ3) is 4.56. The van der Waals surface area contributed by atoms with E-state index in [1.165, 1.54) is 4.31 Å². The first-order chi connectivity index (χ1) is 12.0. The average Bonchev–Trinajstić information content (AvgIpc) is 3.05. The van der Waals surface area contributed by atoms with E-state index in [9.17, 15) is 8.42 Å². The summed E-state index contributed by atoms with van der Waals surface area (Å²) in [4.78, 5) is 4.08. The van der Waals surface area contributed by atoms with Crippen molar-refractivity contribution in [2.24, 2.45) is 0 Å². The van der Waals surface area contributed by atoms with Crippen LogP contribution in [0.15, 0.2) is 48.8 Å². The molecule has 134 valence electrons. The van der Waals surface area contributed by atoms with Gasteiger partial charge < -0.3 is 4.74 Å². The lowest BCUT2D eigenvalue weighted by Crippen LogP contribution is -2.44. The third-order valence-corrected chi connectivity index (χ3v) is 5.94. The highest BCUT2D eigenvalue weighted by Gasteiger charge is 2.34. The van der Waals surface area contributed by atoms with Crippen molar-refractivity contribution in [1.82, 2.24) is 14.0 Å². The summed E-state index contributed by atoms with van der Waals surface area (Å²) in [5.41, 5.74) is 1.73. The van der Waals surface area contributed by atoms with Crippen molar-refractivity contribution in [2.75, 3.05) is 13.7 Å². The van der Waals surface area contributed by atoms with Gasteiger partial charge in [0.25, 0.3) is 10.2 Å². The van der Waals surface area contributed by atoms with Gasteiger partial charge in [-0.2, -0.15) is 17.4 Å². The summed E-state index contributed by atoms with van der Waals surface area (Å²) >= 11 is 5.86. The highest BCUT2D eigenvalue weighted by atomic mass is 35.5. The lowest BCUT2D eigenvalue weighted by Gasteiger charge is -2.24. The molecule has 1 aliphatic heterocycles. The van der Waals surface area contributed by atoms with E-state index in [1.807, 2.05) is 24.3 Å². The van der Waals surface area contributed by atoms with Crippen molar-refractivity contribution >= 4 is 21.8 Å². The van der Waals surface area contributed by atoms with Crippen molar-refractivity contribution in [3.8, 4) is 0 Å². The topological polar surface area (TPSA) is 71.5 Å². The Morgan fingerprint density at radius 2 is 2.08 bits per heavy atom. The maximum atomic E-state index is 12.7. The predicted octanol–water partition coefficient (Wildman–Crippen LogP) is 2.53. The monoisotopic (exact) mass is 381 g/mol. The molecule has 1 saturated heterocycles. The molecule has 0 unspecified atom stereocenters. The Bertz CT molecular complexity index is 800. The molecule has 0 aliphatic carbocycles. The molecule has 8 heteroatoms. The summed E-state index contributed by atoms with van der Waals surface area (Å²) in [6, 6.07) is 10.5. The van der Waals surface area contributed by atoms with Crippen LogP contribution in [0, 0.1) is 0 Å². The number of rotatable bonds is 6. The van der Waals surface area contributed by atoms with Gasteiger partial charge in [-0.25, -0.2) is 0 Å². The minimum Gasteiger partial charge on any atom is -0.372 e. The first kappa shape index (κ1) is 18.3. The zero-order valence-corrected chi connectivity index (χ0v) is 15.4. The van der Waals surface area contributed by atoms with Gasteiger partial charge in [0.15, 0.2) is 0 Å². The molecule has 1 aromatic heterocycles. The molecule has 3 rings (SSSR count). The summed E-state index contributed by atoms with van der Waals surface area (Å²) in [5.74, 6) is 0. The normalized spacial score (nSPS) is 20.9. The summed E-state index contributed by atoms with van der Waals surface area (Å²) in [6.45, 7) is 0.769. The van der Waals surface area contributed by atoms with Gasteiger partial charge in [-0.1, -0.05) is 29.8 Å². The van der Waals surface area contributed by atoms with Crippen LogP contribution in [-0.2, 0) is 21.5 Å². The minimum atomic E-state index is -3.64. The Hall–Kier alpha value is -1.51. The highest BCUT2D eigenvalue weighted by Crippen LogP contribution is 2.29. The lowest BCUT2D eigenvalue weighted by atomic mass is 10.1. The largest absolute Gasteiger partial charge is 0.372 e. The number of ether oxygens (including phenoxy) is 1. The zero-order valence-electron chi connectivity index (χ0n) is 13.8. The van der Waals surface area contributed by atoms with E-state index >= 15 is 0 Å². The number of benzene rings is 1. The molecule has 0 bridgehead atoms. The molecule has 0 spiro atoms. The second-order valence-corrected chi connectivity index (χ2v) is 8.22. The van der Waals surface area contributed by atoms with Gasteiger partial charge in [0.05, 0.1) is 6.04 Å². The molecule has 0 amide bonds. The minimum absolute atomic E-state index is 0.262. The summed E-state index contributed by atoms with van der Waals surface area (Å²) in [6.07, 6.45) is 3.67. The van der Waals surface area contributed by atoms with Crippen LogP contribution < -0.4 is 4.72 Å². The maximum absolute atomic E-state index is 12.7. The molecule has 2 heterocycles. The standard InChI is InChI=1S/C17H20ClN3O3S/c1-21(12-13-4-6-15(18)7-5-13)25(22,23)20-16-8-10-24-17(16)14-3-2-9-19-11-14/h2-7,9,11,16-17,20H,8,10,12H2,1H3/t16-,17+/m0/s1. The summed E-state index contributed by atoms with van der Waals surface area (Å²) in [5, 5.41) is 0.620. The molecule has 1 fully saturated rings. The Balaban J connectivity index is 1.68. The molecule has 25 heavy (non-hydrogen) atoms. The molecular weight excluding hydrogens is 362 g/mol. The van der Waals surface area contributed by atoms with Crippen molar-refractivity contribution in [3.63, 3.8) is 0 Å². The van der Waals surface area contributed by atoms with E-state index in [2.05, 4.69) is 9.71 Å². The number of hydrogen-bond acceptors (Lipinski definition) is 4. The van der Waals surface area contributed by atoms with Gasteiger partial charge in [0.1, 0.15) is 6.10 Å². The van der Waals surface area contributed by atoms with Gasteiger partial charge in [-0.05, 0) is 30.2 Å². The van der Waals surface area contributed by atoms with Gasteiger partial charge >= 0.3 is 0 Å². The van der Waals surface area contributed by atoms with Crippen LogP contribution in [0.3, 0.4) is 0 Å². The lowest BCUT2D eigenvalue weighted by molar-refractivity contribution is 0.102. The molecule has 1 aliphatic rings. The molecule has 1 N–H and O–H groups in total. The molecule has 6 nitrogen and oxygen atoms in total. The Kier molecular flexibility index (Phi) is 5.71. The van der Waals surface area contributed by atoms with Crippen LogP contribution in [-0.4, -0.2) is 37.4 Å². The van der Waals surface area contributed by atoms with Gasteiger partial charge in [-0.15, -0.1) is 0 Å². The number of hydrogen-bond donors (Lipinski definition) is 1. The first-order valence-electron chi connectivity index (χ1n) is 7.95. The van der Waals surface area contributed by atoms with E-state index in [0.29, 0.717) is 18.1 Å². The van der Waals surface area contributed by atoms with Crippen LogP contribution in [0.5, 0.6) is 0 Å². The van der Waals surface area contributed by atoms with Crippen molar-refractivity contribution < 1.29 is 13.2 Å². The smallest absolute Gasteiger partial charge is 0.279 e. The fourth-order valence-electron chi connectivity index (χ4n) is 2.80. The van der Waals surface area contributed by atoms with Crippen molar-refractivity contribution in [1.29, 1.82) is 0 Å². The Morgan fingerprint density at radius 3 is 2.76 bits per heavy atom. The van der Waals surface area contributed by atoms with Crippen LogP contribution in [0.25, 0.3) is 0 Å². The van der Waals surface area contributed by atoms with E-state index in [-0.39, 0.29) is 18.7 Å². The van der Waals surface area contributed by atoms with Crippen LogP contribution >= 0.6 is 11.6 Å². The summed E-state index contributed by atoms with van der Waals surface area (Å²) in [7, 11) is -2.10. The molecule has 0 saturated carbocycles. The van der Waals surface area contributed by atoms with E-state index in [4.69, 9.17) is 16.3 Å². The van der Waals surface area contributed by atoms with E-state index in [1.54, 1.807) is 31.6 Å². The Labute approximate surface area is 153 Å². The third-order valence-electron chi connectivity index (χ3n) is 4.13. The van der Waals surface area contributed by atoms with Crippen molar-refractivity contribution in [2.45, 2.75) is 25.1 Å². The van der Waals surface area contributed by atoms with E-state index < -0.39 is 10.2 Å². The number of pyridine rings is 1. The van der Waals surface area contributed by atoms with Crippen LogP contribution in [0.4, 0.5) is 0 Å². The summed E-state index contributed by atoms with van der Waals surface area (Å²) < 4.78 is 35.1. The SMILES string of the molecule is CN(Cc1ccc(Cl)cc1)S(=O)(=O)N[C@H]1CCO[C@@H]1c1cccnc1. The molecule has 0 radical (unpaired) electrons. The number of nitrogens with one attached hydrogen (secondary N) is 1. The highest BCUT2D eigenvalue weighted by molar-refractivity contribution is 7.87. The molecule has 1 aromatic carbocycles. The fraction of sp³-hybridized carbons (Fsp3) is 0.353. The zero-order chi connectivity index (χ0) is 17.9. The quantitative estimate of drug-likeness (QED) is 0.834. The average molecular weight is 382 g/mol. The molecular formula is C17H20ClN3O3S. The fourth-order valence-corrected chi connectivity index (χ4v) is 4.05. The number of halogens is 1. The number of aromatic nitrogens is 1. The van der Waals surface area contributed by atoms with Crippen LogP contribution in [0.2, 0.25) is 5.02 Å². The second kappa shape index (κ2) is 7.80. The van der Waals surface area contributed by atoms with Gasteiger partial charge in [-0.3, -0.25) is 4.98 Å². The second-order valence-electron chi connectivity index (χ2n) is 5.98. The first-order valence-corrected chi connectivity index (χ1v) is 9.77. The molecule has 2 atom stereocenters.